The zero-order valence-electron chi connectivity index (χ0n) is 10.8. The first-order valence-corrected chi connectivity index (χ1v) is 6.01. The zero-order valence-corrected chi connectivity index (χ0v) is 10.8. The van der Waals surface area contributed by atoms with Crippen LogP contribution in [0.4, 0.5) is 0 Å². The van der Waals surface area contributed by atoms with E-state index < -0.39 is 0 Å². The summed E-state index contributed by atoms with van der Waals surface area (Å²) in [6.45, 7) is 8.07. The third-order valence-corrected chi connectivity index (χ3v) is 2.17. The third kappa shape index (κ3) is 5.65. The minimum absolute atomic E-state index is 0.0431. The molecule has 0 amide bonds. The Labute approximate surface area is 103 Å². The van der Waals surface area contributed by atoms with E-state index in [0.29, 0.717) is 19.1 Å². The summed E-state index contributed by atoms with van der Waals surface area (Å²) in [7, 11) is 0. The Morgan fingerprint density at radius 1 is 1.24 bits per heavy atom. The Balaban J connectivity index is 2.23. The van der Waals surface area contributed by atoms with Crippen LogP contribution in [0.25, 0.3) is 0 Å². The number of aromatic nitrogens is 1. The van der Waals surface area contributed by atoms with Gasteiger partial charge in [-0.3, -0.25) is 4.98 Å². The van der Waals surface area contributed by atoms with Crippen LogP contribution < -0.4 is 10.5 Å². The van der Waals surface area contributed by atoms with Gasteiger partial charge in [0.25, 0.3) is 0 Å². The van der Waals surface area contributed by atoms with Crippen molar-refractivity contribution in [2.75, 3.05) is 19.8 Å². The number of hydrogen-bond donors (Lipinski definition) is 1. The van der Waals surface area contributed by atoms with Crippen LogP contribution in [0, 0.1) is 5.92 Å². The van der Waals surface area contributed by atoms with Gasteiger partial charge in [0.15, 0.2) is 0 Å². The molecule has 4 heteroatoms. The van der Waals surface area contributed by atoms with Crippen molar-refractivity contribution in [2.24, 2.45) is 11.7 Å². The molecule has 1 heterocycles. The summed E-state index contributed by atoms with van der Waals surface area (Å²) in [6, 6.07) is 3.72. The Hall–Kier alpha value is -1.13. The SMILES string of the molecule is CC(C)COCCOc1ccc([C@@H](C)N)nc1. The average molecular weight is 238 g/mol. The van der Waals surface area contributed by atoms with Gasteiger partial charge in [0.05, 0.1) is 18.5 Å². The normalized spacial score (nSPS) is 12.8. The molecular weight excluding hydrogens is 216 g/mol. The minimum atomic E-state index is -0.0431. The standard InChI is InChI=1S/C13H22N2O2/c1-10(2)9-16-6-7-17-12-4-5-13(11(3)14)15-8-12/h4-5,8,10-11H,6-7,9,14H2,1-3H3/t11-/m1/s1. The summed E-state index contributed by atoms with van der Waals surface area (Å²) in [6.07, 6.45) is 1.70. The molecule has 4 nitrogen and oxygen atoms in total. The Bertz CT molecular complexity index is 310. The number of hydrogen-bond acceptors (Lipinski definition) is 4. The molecule has 0 fully saturated rings. The summed E-state index contributed by atoms with van der Waals surface area (Å²) < 4.78 is 10.9. The van der Waals surface area contributed by atoms with Crippen molar-refractivity contribution in [3.05, 3.63) is 24.0 Å². The first-order valence-electron chi connectivity index (χ1n) is 6.01. The molecule has 0 unspecified atom stereocenters. The maximum absolute atomic E-state index is 5.71. The number of nitrogens with zero attached hydrogens (tertiary/aromatic N) is 1. The molecule has 0 aliphatic carbocycles. The van der Waals surface area contributed by atoms with E-state index in [0.717, 1.165) is 18.1 Å². The van der Waals surface area contributed by atoms with Crippen LogP contribution in [0.2, 0.25) is 0 Å². The average Bonchev–Trinajstić information content (AvgIpc) is 2.29. The van der Waals surface area contributed by atoms with E-state index >= 15 is 0 Å². The van der Waals surface area contributed by atoms with Crippen molar-refractivity contribution in [3.8, 4) is 5.75 Å². The topological polar surface area (TPSA) is 57.4 Å². The van der Waals surface area contributed by atoms with Gasteiger partial charge < -0.3 is 15.2 Å². The van der Waals surface area contributed by atoms with Crippen LogP contribution in [0.5, 0.6) is 5.75 Å². The molecule has 1 aromatic rings. The maximum atomic E-state index is 5.71. The predicted octanol–water partition coefficient (Wildman–Crippen LogP) is 2.15. The number of pyridine rings is 1. The molecule has 2 N–H and O–H groups in total. The highest BCUT2D eigenvalue weighted by Gasteiger charge is 2.01. The Kier molecular flexibility index (Phi) is 5.94. The Morgan fingerprint density at radius 3 is 2.53 bits per heavy atom. The molecule has 1 aromatic heterocycles. The van der Waals surface area contributed by atoms with Gasteiger partial charge in [-0.05, 0) is 25.0 Å². The highest BCUT2D eigenvalue weighted by atomic mass is 16.5. The second-order valence-electron chi connectivity index (χ2n) is 4.52. The van der Waals surface area contributed by atoms with E-state index in [-0.39, 0.29) is 6.04 Å². The van der Waals surface area contributed by atoms with Crippen molar-refractivity contribution >= 4 is 0 Å². The zero-order chi connectivity index (χ0) is 12.7. The molecule has 0 aliphatic rings. The van der Waals surface area contributed by atoms with Gasteiger partial charge in [0.2, 0.25) is 0 Å². The van der Waals surface area contributed by atoms with Crippen LogP contribution in [0.15, 0.2) is 18.3 Å². The Morgan fingerprint density at radius 2 is 2.00 bits per heavy atom. The van der Waals surface area contributed by atoms with Crippen LogP contribution >= 0.6 is 0 Å². The summed E-state index contributed by atoms with van der Waals surface area (Å²) in [5.74, 6) is 1.31. The molecule has 96 valence electrons. The van der Waals surface area contributed by atoms with Gasteiger partial charge >= 0.3 is 0 Å². The lowest BCUT2D eigenvalue weighted by Gasteiger charge is -2.09. The molecule has 1 rings (SSSR count). The third-order valence-electron chi connectivity index (χ3n) is 2.17. The molecule has 0 saturated heterocycles. The van der Waals surface area contributed by atoms with Crippen molar-refractivity contribution in [3.63, 3.8) is 0 Å². The highest BCUT2D eigenvalue weighted by Crippen LogP contribution is 2.12. The second kappa shape index (κ2) is 7.25. The van der Waals surface area contributed by atoms with Gasteiger partial charge in [0.1, 0.15) is 12.4 Å². The number of ether oxygens (including phenoxy) is 2. The van der Waals surface area contributed by atoms with Crippen LogP contribution in [0.1, 0.15) is 32.5 Å². The van der Waals surface area contributed by atoms with Crippen molar-refractivity contribution in [1.82, 2.24) is 4.98 Å². The van der Waals surface area contributed by atoms with Crippen molar-refractivity contribution in [1.29, 1.82) is 0 Å². The van der Waals surface area contributed by atoms with E-state index in [1.54, 1.807) is 6.20 Å². The summed E-state index contributed by atoms with van der Waals surface area (Å²) in [5.41, 5.74) is 6.58. The van der Waals surface area contributed by atoms with Crippen molar-refractivity contribution < 1.29 is 9.47 Å². The van der Waals surface area contributed by atoms with Gasteiger partial charge in [-0.25, -0.2) is 0 Å². The smallest absolute Gasteiger partial charge is 0.137 e. The summed E-state index contributed by atoms with van der Waals surface area (Å²) in [4.78, 5) is 4.21. The molecule has 0 radical (unpaired) electrons. The predicted molar refractivity (Wildman–Crippen MR) is 68.0 cm³/mol. The lowest BCUT2D eigenvalue weighted by Crippen LogP contribution is -2.11. The van der Waals surface area contributed by atoms with E-state index in [9.17, 15) is 0 Å². The van der Waals surface area contributed by atoms with Gasteiger partial charge in [0, 0.05) is 12.6 Å². The van der Waals surface area contributed by atoms with E-state index in [4.69, 9.17) is 15.2 Å². The fraction of sp³-hybridized carbons (Fsp3) is 0.615. The monoisotopic (exact) mass is 238 g/mol. The van der Waals surface area contributed by atoms with E-state index in [1.165, 1.54) is 0 Å². The molecule has 0 saturated carbocycles. The molecule has 0 aromatic carbocycles. The first-order chi connectivity index (χ1) is 8.09. The number of rotatable bonds is 7. The summed E-state index contributed by atoms with van der Waals surface area (Å²) >= 11 is 0. The molecule has 0 spiro atoms. The second-order valence-corrected chi connectivity index (χ2v) is 4.52. The fourth-order valence-corrected chi connectivity index (χ4v) is 1.28. The van der Waals surface area contributed by atoms with E-state index in [1.807, 2.05) is 19.1 Å². The molecule has 17 heavy (non-hydrogen) atoms. The van der Waals surface area contributed by atoms with Gasteiger partial charge in [-0.15, -0.1) is 0 Å². The van der Waals surface area contributed by atoms with Crippen molar-refractivity contribution in [2.45, 2.75) is 26.8 Å². The van der Waals surface area contributed by atoms with Crippen LogP contribution in [0.3, 0.4) is 0 Å². The van der Waals surface area contributed by atoms with Gasteiger partial charge in [-0.1, -0.05) is 13.8 Å². The molecular formula is C13H22N2O2. The quantitative estimate of drug-likeness (QED) is 0.739. The molecule has 0 bridgehead atoms. The summed E-state index contributed by atoms with van der Waals surface area (Å²) in [5, 5.41) is 0. The lowest BCUT2D eigenvalue weighted by molar-refractivity contribution is 0.0818. The van der Waals surface area contributed by atoms with Gasteiger partial charge in [-0.2, -0.15) is 0 Å². The lowest BCUT2D eigenvalue weighted by atomic mass is 10.2. The number of nitrogens with two attached hydrogens (primary N) is 1. The molecule has 0 aliphatic heterocycles. The van der Waals surface area contributed by atoms with Crippen LogP contribution in [-0.2, 0) is 4.74 Å². The molecule has 1 atom stereocenters. The first kappa shape index (κ1) is 13.9. The highest BCUT2D eigenvalue weighted by molar-refractivity contribution is 5.21. The minimum Gasteiger partial charge on any atom is -0.490 e. The van der Waals surface area contributed by atoms with E-state index in [2.05, 4.69) is 18.8 Å². The fourth-order valence-electron chi connectivity index (χ4n) is 1.28. The van der Waals surface area contributed by atoms with Crippen LogP contribution in [-0.4, -0.2) is 24.8 Å². The largest absolute Gasteiger partial charge is 0.490 e. The maximum Gasteiger partial charge on any atom is 0.137 e.